The van der Waals surface area contributed by atoms with E-state index in [1.807, 2.05) is 37.3 Å². The second kappa shape index (κ2) is 6.00. The number of benzene rings is 2. The molecule has 122 valence electrons. The second-order valence-corrected chi connectivity index (χ2v) is 7.50. The Hall–Kier alpha value is -1.82. The van der Waals surface area contributed by atoms with Gasteiger partial charge in [0.05, 0.1) is 23.7 Å². The molecule has 0 spiro atoms. The molecule has 1 N–H and O–H groups in total. The van der Waals surface area contributed by atoms with Crippen LogP contribution in [0.15, 0.2) is 52.3 Å². The van der Waals surface area contributed by atoms with E-state index >= 15 is 0 Å². The van der Waals surface area contributed by atoms with Crippen LogP contribution in [-0.4, -0.2) is 25.1 Å². The van der Waals surface area contributed by atoms with Crippen molar-refractivity contribution in [2.24, 2.45) is 0 Å². The van der Waals surface area contributed by atoms with Gasteiger partial charge >= 0.3 is 6.18 Å². The zero-order valence-corrected chi connectivity index (χ0v) is 13.6. The first-order valence-electron chi connectivity index (χ1n) is 7.17. The molecule has 1 aliphatic rings. The average molecular weight is 340 g/mol. The number of hydrogen-bond acceptors (Lipinski definition) is 2. The van der Waals surface area contributed by atoms with Crippen molar-refractivity contribution in [3.8, 4) is 5.75 Å². The maximum Gasteiger partial charge on any atom is 0.413 e. The molecule has 1 aliphatic heterocycles. The number of ether oxygens (including phenoxy) is 1. The van der Waals surface area contributed by atoms with Gasteiger partial charge in [-0.15, -0.1) is 0 Å². The maximum absolute atomic E-state index is 13.3. The molecule has 2 unspecified atom stereocenters. The molecule has 0 aliphatic carbocycles. The molecule has 0 fully saturated rings. The molecule has 0 radical (unpaired) electrons. The van der Waals surface area contributed by atoms with E-state index in [1.165, 1.54) is 0 Å². The summed E-state index contributed by atoms with van der Waals surface area (Å²) in [7, 11) is 0.914. The molecule has 0 amide bonds. The monoisotopic (exact) mass is 340 g/mol. The zero-order valence-electron chi connectivity index (χ0n) is 12.8. The molecule has 6 heteroatoms. The lowest BCUT2D eigenvalue weighted by atomic mass is 10.2. The van der Waals surface area contributed by atoms with Gasteiger partial charge in [0.2, 0.25) is 0 Å². The molecule has 0 saturated carbocycles. The summed E-state index contributed by atoms with van der Waals surface area (Å²) in [5.41, 5.74) is 1.62. The van der Waals surface area contributed by atoms with E-state index in [2.05, 4.69) is 5.32 Å². The Morgan fingerprint density at radius 1 is 1.13 bits per heavy atom. The van der Waals surface area contributed by atoms with Crippen molar-refractivity contribution < 1.29 is 17.9 Å². The Morgan fingerprint density at radius 3 is 2.43 bits per heavy atom. The van der Waals surface area contributed by atoms with Crippen LogP contribution in [0.1, 0.15) is 5.56 Å². The van der Waals surface area contributed by atoms with E-state index in [0.29, 0.717) is 11.4 Å². The largest absolute Gasteiger partial charge is 0.497 e. The van der Waals surface area contributed by atoms with Gasteiger partial charge in [-0.3, -0.25) is 0 Å². The minimum Gasteiger partial charge on any atom is -0.497 e. The molecule has 2 atom stereocenters. The highest BCUT2D eigenvalue weighted by Gasteiger charge is 2.49. The molecule has 2 aromatic rings. The normalized spacial score (nSPS) is 20.6. The number of nitrogens with one attached hydrogen (secondary N) is 1. The van der Waals surface area contributed by atoms with Crippen molar-refractivity contribution >= 4 is 16.6 Å². The molecule has 1 heterocycles. The van der Waals surface area contributed by atoms with E-state index in [-0.39, 0.29) is 5.75 Å². The van der Waals surface area contributed by atoms with Crippen LogP contribution < -0.4 is 10.1 Å². The first-order chi connectivity index (χ1) is 10.9. The van der Waals surface area contributed by atoms with Crippen molar-refractivity contribution in [3.05, 3.63) is 48.0 Å². The quantitative estimate of drug-likeness (QED) is 0.819. The lowest BCUT2D eigenvalue weighted by Gasteiger charge is -2.28. The fourth-order valence-electron chi connectivity index (χ4n) is 2.54. The summed E-state index contributed by atoms with van der Waals surface area (Å²) in [6.45, 7) is 1.96. The Labute approximate surface area is 136 Å². The number of aryl methyl sites for hydroxylation is 1. The van der Waals surface area contributed by atoms with Gasteiger partial charge in [-0.05, 0) is 31.2 Å². The van der Waals surface area contributed by atoms with Crippen molar-refractivity contribution in [2.45, 2.75) is 28.9 Å². The molecular weight excluding hydrogens is 323 g/mol. The van der Waals surface area contributed by atoms with Gasteiger partial charge in [-0.1, -0.05) is 17.7 Å². The van der Waals surface area contributed by atoms with Crippen LogP contribution >= 0.6 is 0 Å². The summed E-state index contributed by atoms with van der Waals surface area (Å²) in [5, 5.41) is 2.63. The fourth-order valence-corrected chi connectivity index (χ4v) is 4.89. The highest BCUT2D eigenvalue weighted by atomic mass is 32.2. The van der Waals surface area contributed by atoms with E-state index in [1.54, 1.807) is 19.2 Å². The second-order valence-electron chi connectivity index (χ2n) is 5.47. The first kappa shape index (κ1) is 16.1. The predicted molar refractivity (Wildman–Crippen MR) is 86.4 cm³/mol. The smallest absolute Gasteiger partial charge is 0.413 e. The number of rotatable bonds is 2. The van der Waals surface area contributed by atoms with Crippen molar-refractivity contribution in [1.29, 1.82) is 0 Å². The number of alkyl halides is 3. The Bertz CT molecular complexity index is 700. The average Bonchev–Trinajstić information content (AvgIpc) is 2.53. The van der Waals surface area contributed by atoms with E-state index in [4.69, 9.17) is 4.74 Å². The number of anilines is 1. The summed E-state index contributed by atoms with van der Waals surface area (Å²) in [5.74, 6) is 0.660. The Kier molecular flexibility index (Phi) is 4.19. The highest BCUT2D eigenvalue weighted by molar-refractivity contribution is 7.97. The maximum atomic E-state index is 13.3. The Balaban J connectivity index is 2.07. The van der Waals surface area contributed by atoms with Gasteiger partial charge < -0.3 is 10.1 Å². The Morgan fingerprint density at radius 2 is 1.83 bits per heavy atom. The third-order valence-corrected chi connectivity index (χ3v) is 6.19. The van der Waals surface area contributed by atoms with Crippen LogP contribution in [0.5, 0.6) is 5.75 Å². The van der Waals surface area contributed by atoms with Gasteiger partial charge in [0.15, 0.2) is 15.8 Å². The lowest BCUT2D eigenvalue weighted by molar-refractivity contribution is -0.137. The van der Waals surface area contributed by atoms with Crippen molar-refractivity contribution in [2.75, 3.05) is 18.2 Å². The fraction of sp³-hybridized carbons (Fsp3) is 0.294. The molecule has 3 rings (SSSR count). The van der Waals surface area contributed by atoms with E-state index in [0.717, 1.165) is 15.4 Å². The lowest BCUT2D eigenvalue weighted by Crippen LogP contribution is -2.45. The SMILES string of the molecule is COc1ccc2c(c1)[S+](c1ccc(C)cc1)CC(C(F)(F)F)N2. The summed E-state index contributed by atoms with van der Waals surface area (Å²) in [4.78, 5) is 1.79. The van der Waals surface area contributed by atoms with Crippen LogP contribution in [-0.2, 0) is 10.9 Å². The van der Waals surface area contributed by atoms with Gasteiger partial charge in [0.1, 0.15) is 11.5 Å². The molecule has 0 aromatic heterocycles. The molecule has 23 heavy (non-hydrogen) atoms. The summed E-state index contributed by atoms with van der Waals surface area (Å²) in [6, 6.07) is 11.4. The number of hydrogen-bond donors (Lipinski definition) is 1. The van der Waals surface area contributed by atoms with Crippen LogP contribution in [0.25, 0.3) is 0 Å². The first-order valence-corrected chi connectivity index (χ1v) is 8.57. The van der Waals surface area contributed by atoms with Gasteiger partial charge in [-0.25, -0.2) is 0 Å². The van der Waals surface area contributed by atoms with Gasteiger partial charge in [0, 0.05) is 6.07 Å². The number of fused-ring (bicyclic) bond motifs is 1. The topological polar surface area (TPSA) is 21.3 Å². The zero-order chi connectivity index (χ0) is 16.6. The third kappa shape index (κ3) is 3.27. The summed E-state index contributed by atoms with van der Waals surface area (Å²) in [6.07, 6.45) is -4.27. The van der Waals surface area contributed by atoms with Crippen LogP contribution in [0.4, 0.5) is 18.9 Å². The van der Waals surface area contributed by atoms with Crippen molar-refractivity contribution in [3.63, 3.8) is 0 Å². The minimum atomic E-state index is -4.27. The molecule has 0 bridgehead atoms. The predicted octanol–water partition coefficient (Wildman–Crippen LogP) is 4.40. The molecule has 2 aromatic carbocycles. The van der Waals surface area contributed by atoms with E-state index < -0.39 is 23.1 Å². The van der Waals surface area contributed by atoms with Crippen LogP contribution in [0.2, 0.25) is 0 Å². The van der Waals surface area contributed by atoms with E-state index in [9.17, 15) is 13.2 Å². The van der Waals surface area contributed by atoms with Gasteiger partial charge in [0.25, 0.3) is 0 Å². The molecule has 0 saturated heterocycles. The number of methoxy groups -OCH3 is 1. The minimum absolute atomic E-state index is 0.00668. The summed E-state index contributed by atoms with van der Waals surface area (Å²) < 4.78 is 45.0. The molecular formula is C17H17F3NOS+. The van der Waals surface area contributed by atoms with Gasteiger partial charge in [-0.2, -0.15) is 13.2 Å². The third-order valence-electron chi connectivity index (χ3n) is 3.82. The van der Waals surface area contributed by atoms with Crippen molar-refractivity contribution in [1.82, 2.24) is 0 Å². The highest BCUT2D eigenvalue weighted by Crippen LogP contribution is 2.40. The summed E-state index contributed by atoms with van der Waals surface area (Å²) >= 11 is 0. The molecule has 2 nitrogen and oxygen atoms in total. The van der Waals surface area contributed by atoms with Crippen LogP contribution in [0, 0.1) is 6.92 Å². The van der Waals surface area contributed by atoms with Crippen LogP contribution in [0.3, 0.4) is 0 Å². The number of halogens is 3. The standard InChI is InChI=1S/C17H17F3NOS/c1-11-3-6-13(7-4-11)23-10-16(17(18,19)20)21-14-8-5-12(22-2)9-15(14)23/h3-9,16,21H,10H2,1-2H3/q+1.